The Bertz CT molecular complexity index is 755. The Morgan fingerprint density at radius 2 is 1.73 bits per heavy atom. The molecule has 0 aliphatic carbocycles. The number of sulfonamides is 1. The number of rotatable bonds is 6. The minimum absolute atomic E-state index is 0.348. The Balaban J connectivity index is 2.20. The normalized spacial score (nSPS) is 11.4. The zero-order valence-electron chi connectivity index (χ0n) is 12.3. The highest BCUT2D eigenvalue weighted by Gasteiger charge is 2.11. The van der Waals surface area contributed by atoms with Gasteiger partial charge in [0, 0.05) is 6.07 Å². The lowest BCUT2D eigenvalue weighted by Crippen LogP contribution is -2.09. The van der Waals surface area contributed by atoms with Crippen LogP contribution in [0.3, 0.4) is 0 Å². The van der Waals surface area contributed by atoms with Crippen LogP contribution in [0.5, 0.6) is 11.5 Å². The van der Waals surface area contributed by atoms with Gasteiger partial charge in [-0.25, -0.2) is 8.42 Å². The second-order valence-electron chi connectivity index (χ2n) is 4.43. The summed E-state index contributed by atoms with van der Waals surface area (Å²) in [5, 5.41) is 1.12. The lowest BCUT2D eigenvalue weighted by molar-refractivity contribution is 0.395. The molecular formula is C16H17NO4S. The monoisotopic (exact) mass is 319 g/mol. The van der Waals surface area contributed by atoms with Crippen LogP contribution in [-0.2, 0) is 10.0 Å². The van der Waals surface area contributed by atoms with Crippen molar-refractivity contribution in [1.29, 1.82) is 0 Å². The van der Waals surface area contributed by atoms with Crippen LogP contribution >= 0.6 is 0 Å². The van der Waals surface area contributed by atoms with Crippen molar-refractivity contribution in [1.82, 2.24) is 0 Å². The van der Waals surface area contributed by atoms with E-state index in [-0.39, 0.29) is 0 Å². The Labute approximate surface area is 130 Å². The van der Waals surface area contributed by atoms with E-state index in [0.717, 1.165) is 11.0 Å². The number of ether oxygens (including phenoxy) is 2. The Hall–Kier alpha value is -2.47. The summed E-state index contributed by atoms with van der Waals surface area (Å²) in [5.74, 6) is 0.968. The third kappa shape index (κ3) is 4.26. The summed E-state index contributed by atoms with van der Waals surface area (Å²) in [6, 6.07) is 14.0. The van der Waals surface area contributed by atoms with Crippen LogP contribution in [0.25, 0.3) is 6.08 Å². The summed E-state index contributed by atoms with van der Waals surface area (Å²) in [7, 11) is -0.643. The van der Waals surface area contributed by atoms with Crippen molar-refractivity contribution in [2.24, 2.45) is 0 Å². The van der Waals surface area contributed by atoms with Crippen LogP contribution in [0.2, 0.25) is 0 Å². The molecule has 1 N–H and O–H groups in total. The van der Waals surface area contributed by atoms with E-state index in [4.69, 9.17) is 9.47 Å². The fraction of sp³-hybridized carbons (Fsp3) is 0.125. The molecule has 2 rings (SSSR count). The van der Waals surface area contributed by atoms with Gasteiger partial charge in [-0.05, 0) is 23.8 Å². The van der Waals surface area contributed by atoms with Crippen molar-refractivity contribution in [3.8, 4) is 11.5 Å². The van der Waals surface area contributed by atoms with E-state index in [1.807, 2.05) is 30.3 Å². The largest absolute Gasteiger partial charge is 0.497 e. The third-order valence-electron chi connectivity index (χ3n) is 2.90. The minimum atomic E-state index is -3.64. The van der Waals surface area contributed by atoms with Gasteiger partial charge in [-0.1, -0.05) is 30.3 Å². The van der Waals surface area contributed by atoms with Gasteiger partial charge in [-0.3, -0.25) is 4.72 Å². The first-order chi connectivity index (χ1) is 10.5. The SMILES string of the molecule is COc1ccc(NS(=O)(=O)/C=C/c2ccccc2)c(OC)c1. The predicted octanol–water partition coefficient (Wildman–Crippen LogP) is 3.12. The Morgan fingerprint density at radius 1 is 1.00 bits per heavy atom. The molecule has 5 nitrogen and oxygen atoms in total. The summed E-state index contributed by atoms with van der Waals surface area (Å²) in [5.41, 5.74) is 1.15. The van der Waals surface area contributed by atoms with Gasteiger partial charge in [-0.15, -0.1) is 0 Å². The molecule has 22 heavy (non-hydrogen) atoms. The predicted molar refractivity (Wildman–Crippen MR) is 87.6 cm³/mol. The summed E-state index contributed by atoms with van der Waals surface area (Å²) >= 11 is 0. The fourth-order valence-corrected chi connectivity index (χ4v) is 2.68. The molecule has 2 aromatic rings. The number of hydrogen-bond acceptors (Lipinski definition) is 4. The van der Waals surface area contributed by atoms with Gasteiger partial charge in [0.05, 0.1) is 25.3 Å². The van der Waals surface area contributed by atoms with E-state index in [0.29, 0.717) is 17.2 Å². The lowest BCUT2D eigenvalue weighted by atomic mass is 10.2. The van der Waals surface area contributed by atoms with Crippen molar-refractivity contribution < 1.29 is 17.9 Å². The van der Waals surface area contributed by atoms with Gasteiger partial charge in [0.1, 0.15) is 11.5 Å². The molecule has 0 bridgehead atoms. The second-order valence-corrected chi connectivity index (χ2v) is 5.99. The van der Waals surface area contributed by atoms with E-state index in [9.17, 15) is 8.42 Å². The maximum atomic E-state index is 12.1. The van der Waals surface area contributed by atoms with Crippen LogP contribution in [-0.4, -0.2) is 22.6 Å². The molecule has 0 radical (unpaired) electrons. The molecule has 0 fully saturated rings. The molecule has 0 saturated heterocycles. The number of hydrogen-bond donors (Lipinski definition) is 1. The van der Waals surface area contributed by atoms with Gasteiger partial charge >= 0.3 is 0 Å². The molecular weight excluding hydrogens is 302 g/mol. The highest BCUT2D eigenvalue weighted by atomic mass is 32.2. The van der Waals surface area contributed by atoms with Crippen molar-refractivity contribution in [2.75, 3.05) is 18.9 Å². The second kappa shape index (κ2) is 7.00. The van der Waals surface area contributed by atoms with Crippen LogP contribution < -0.4 is 14.2 Å². The summed E-state index contributed by atoms with van der Waals surface area (Å²) in [6.07, 6.45) is 1.53. The first kappa shape index (κ1) is 15.9. The van der Waals surface area contributed by atoms with Crippen LogP contribution in [0.1, 0.15) is 5.56 Å². The third-order valence-corrected chi connectivity index (χ3v) is 3.90. The molecule has 2 aromatic carbocycles. The molecule has 6 heteroatoms. The van der Waals surface area contributed by atoms with Crippen LogP contribution in [0.15, 0.2) is 53.9 Å². The van der Waals surface area contributed by atoms with Crippen molar-refractivity contribution in [3.63, 3.8) is 0 Å². The van der Waals surface area contributed by atoms with Crippen LogP contribution in [0, 0.1) is 0 Å². The van der Waals surface area contributed by atoms with Crippen LogP contribution in [0.4, 0.5) is 5.69 Å². The molecule has 0 aliphatic heterocycles. The molecule has 0 spiro atoms. The Kier molecular flexibility index (Phi) is 5.06. The van der Waals surface area contributed by atoms with E-state index in [1.54, 1.807) is 18.2 Å². The number of benzene rings is 2. The Morgan fingerprint density at radius 3 is 2.36 bits per heavy atom. The average molecular weight is 319 g/mol. The lowest BCUT2D eigenvalue weighted by Gasteiger charge is -2.11. The van der Waals surface area contributed by atoms with Gasteiger partial charge in [0.2, 0.25) is 0 Å². The molecule has 0 saturated carbocycles. The molecule has 0 unspecified atom stereocenters. The first-order valence-electron chi connectivity index (χ1n) is 6.52. The van der Waals surface area contributed by atoms with E-state index < -0.39 is 10.0 Å². The van der Waals surface area contributed by atoms with Crippen molar-refractivity contribution >= 4 is 21.8 Å². The van der Waals surface area contributed by atoms with E-state index in [1.165, 1.54) is 20.3 Å². The minimum Gasteiger partial charge on any atom is -0.497 e. The summed E-state index contributed by atoms with van der Waals surface area (Å²) in [6.45, 7) is 0. The topological polar surface area (TPSA) is 64.6 Å². The van der Waals surface area contributed by atoms with Crippen molar-refractivity contribution in [2.45, 2.75) is 0 Å². The molecule has 0 aromatic heterocycles. The quantitative estimate of drug-likeness (QED) is 0.888. The number of anilines is 1. The fourth-order valence-electron chi connectivity index (χ4n) is 1.80. The van der Waals surface area contributed by atoms with E-state index in [2.05, 4.69) is 4.72 Å². The summed E-state index contributed by atoms with van der Waals surface area (Å²) in [4.78, 5) is 0. The van der Waals surface area contributed by atoms with E-state index >= 15 is 0 Å². The maximum absolute atomic E-state index is 12.1. The van der Waals surface area contributed by atoms with Gasteiger partial charge in [-0.2, -0.15) is 0 Å². The standard InChI is InChI=1S/C16H17NO4S/c1-20-14-8-9-15(16(12-14)21-2)17-22(18,19)11-10-13-6-4-3-5-7-13/h3-12,17H,1-2H3/b11-10+. The van der Waals surface area contributed by atoms with Gasteiger partial charge < -0.3 is 9.47 Å². The highest BCUT2D eigenvalue weighted by molar-refractivity contribution is 7.95. The summed E-state index contributed by atoms with van der Waals surface area (Å²) < 4.78 is 36.9. The van der Waals surface area contributed by atoms with Gasteiger partial charge in [0.15, 0.2) is 0 Å². The van der Waals surface area contributed by atoms with Crippen molar-refractivity contribution in [3.05, 3.63) is 59.5 Å². The molecule has 0 heterocycles. The molecule has 116 valence electrons. The zero-order valence-corrected chi connectivity index (χ0v) is 13.1. The number of nitrogens with one attached hydrogen (secondary N) is 1. The average Bonchev–Trinajstić information content (AvgIpc) is 2.54. The highest BCUT2D eigenvalue weighted by Crippen LogP contribution is 2.29. The maximum Gasteiger partial charge on any atom is 0.255 e. The number of methoxy groups -OCH3 is 2. The first-order valence-corrected chi connectivity index (χ1v) is 8.06. The smallest absolute Gasteiger partial charge is 0.255 e. The molecule has 0 amide bonds. The van der Waals surface area contributed by atoms with Gasteiger partial charge in [0.25, 0.3) is 10.0 Å². The molecule has 0 atom stereocenters. The molecule has 0 aliphatic rings. The zero-order chi connectivity index (χ0) is 16.0.